The van der Waals surface area contributed by atoms with Crippen LogP contribution >= 0.6 is 0 Å². The van der Waals surface area contributed by atoms with Gasteiger partial charge in [-0.05, 0) is 26.2 Å². The molecule has 0 aromatic carbocycles. The summed E-state index contributed by atoms with van der Waals surface area (Å²) < 4.78 is 0. The van der Waals surface area contributed by atoms with E-state index in [-0.39, 0.29) is 0 Å². The van der Waals surface area contributed by atoms with E-state index in [2.05, 4.69) is 24.1 Å². The summed E-state index contributed by atoms with van der Waals surface area (Å²) in [6, 6.07) is 0. The normalized spacial score (nSPS) is 11.0. The van der Waals surface area contributed by atoms with Crippen LogP contribution in [0.15, 0.2) is 24.3 Å². The van der Waals surface area contributed by atoms with Gasteiger partial charge in [0.1, 0.15) is 0 Å². The van der Waals surface area contributed by atoms with Crippen molar-refractivity contribution in [1.82, 2.24) is 0 Å². The first-order valence-corrected chi connectivity index (χ1v) is 4.63. The van der Waals surface area contributed by atoms with Gasteiger partial charge < -0.3 is 0 Å². The molecular weight excluding hydrogens is 144 g/mol. The van der Waals surface area contributed by atoms with E-state index in [1.165, 1.54) is 25.7 Å². The highest BCUT2D eigenvalue weighted by atomic mass is 13.9. The minimum atomic E-state index is 0.929. The molecule has 0 heterocycles. The molecule has 0 aliphatic heterocycles. The van der Waals surface area contributed by atoms with Gasteiger partial charge in [-0.1, -0.05) is 30.7 Å². The van der Waals surface area contributed by atoms with E-state index in [1.54, 1.807) is 0 Å². The number of hydrogen-bond donors (Lipinski definition) is 0. The van der Waals surface area contributed by atoms with Gasteiger partial charge in [0.15, 0.2) is 0 Å². The Morgan fingerprint density at radius 1 is 1.17 bits per heavy atom. The smallest absolute Gasteiger partial charge is 0.00860 e. The Hall–Kier alpha value is -0.960. The molecule has 0 radical (unpaired) electrons. The van der Waals surface area contributed by atoms with Crippen LogP contribution in [-0.4, -0.2) is 0 Å². The van der Waals surface area contributed by atoms with Crippen molar-refractivity contribution in [2.24, 2.45) is 0 Å². The van der Waals surface area contributed by atoms with Crippen LogP contribution in [-0.2, 0) is 0 Å². The molecule has 12 heavy (non-hydrogen) atoms. The molecule has 0 aliphatic rings. The van der Waals surface area contributed by atoms with Crippen molar-refractivity contribution in [3.8, 4) is 12.3 Å². The van der Waals surface area contributed by atoms with Crippen LogP contribution in [0.25, 0.3) is 0 Å². The lowest BCUT2D eigenvalue weighted by Crippen LogP contribution is -1.74. The number of terminal acetylenes is 1. The average molecular weight is 162 g/mol. The average Bonchev–Trinajstić information content (AvgIpc) is 2.10. The van der Waals surface area contributed by atoms with Crippen molar-refractivity contribution in [2.45, 2.75) is 39.0 Å². The Morgan fingerprint density at radius 3 is 2.67 bits per heavy atom. The predicted molar refractivity (Wildman–Crippen MR) is 55.9 cm³/mol. The summed E-state index contributed by atoms with van der Waals surface area (Å²) in [6.07, 6.45) is 19.3. The maximum atomic E-state index is 5.14. The van der Waals surface area contributed by atoms with E-state index in [9.17, 15) is 0 Å². The van der Waals surface area contributed by atoms with Crippen molar-refractivity contribution >= 4 is 0 Å². The summed E-state index contributed by atoms with van der Waals surface area (Å²) in [5.74, 6) is 2.65. The molecule has 0 unspecified atom stereocenters. The molecule has 0 saturated carbocycles. The second-order valence-electron chi connectivity index (χ2n) is 2.76. The van der Waals surface area contributed by atoms with Gasteiger partial charge in [-0.3, -0.25) is 0 Å². The molecule has 0 amide bonds. The van der Waals surface area contributed by atoms with Gasteiger partial charge in [0.2, 0.25) is 0 Å². The van der Waals surface area contributed by atoms with Crippen molar-refractivity contribution < 1.29 is 0 Å². The maximum Gasteiger partial charge on any atom is 0.00860 e. The summed E-state index contributed by atoms with van der Waals surface area (Å²) in [4.78, 5) is 0. The predicted octanol–water partition coefficient (Wildman–Crippen LogP) is 3.70. The van der Waals surface area contributed by atoms with E-state index in [0.717, 1.165) is 6.42 Å². The van der Waals surface area contributed by atoms with Crippen molar-refractivity contribution in [1.29, 1.82) is 0 Å². The van der Waals surface area contributed by atoms with Crippen LogP contribution in [0.3, 0.4) is 0 Å². The maximum absolute atomic E-state index is 5.14. The zero-order valence-corrected chi connectivity index (χ0v) is 7.92. The first kappa shape index (κ1) is 11.0. The number of unbranched alkanes of at least 4 members (excludes halogenated alkanes) is 4. The molecule has 0 rings (SSSR count). The molecule has 0 aromatic heterocycles. The Balaban J connectivity index is 3.06. The summed E-state index contributed by atoms with van der Waals surface area (Å²) >= 11 is 0. The van der Waals surface area contributed by atoms with E-state index in [4.69, 9.17) is 6.42 Å². The quantitative estimate of drug-likeness (QED) is 0.317. The molecule has 0 aromatic rings. The van der Waals surface area contributed by atoms with E-state index in [0.29, 0.717) is 0 Å². The van der Waals surface area contributed by atoms with Crippen molar-refractivity contribution in [2.75, 3.05) is 0 Å². The Kier molecular flexibility index (Phi) is 9.24. The molecule has 0 bridgehead atoms. The third-order valence-corrected chi connectivity index (χ3v) is 1.63. The third-order valence-electron chi connectivity index (χ3n) is 1.63. The number of hydrogen-bond acceptors (Lipinski definition) is 0. The molecule has 0 fully saturated rings. The fraction of sp³-hybridized carbons (Fsp3) is 0.500. The molecule has 0 saturated heterocycles. The first-order chi connectivity index (χ1) is 5.91. The molecule has 0 aliphatic carbocycles. The molecule has 0 heteroatoms. The van der Waals surface area contributed by atoms with Gasteiger partial charge >= 0.3 is 0 Å². The monoisotopic (exact) mass is 162 g/mol. The standard InChI is InChI=1S/C12H18/c1-3-5-7-9-11-12-10-8-6-4-2/h1,4,6,8,10H,5,7,9,11-12H2,2H3/b6-4+,10-8+. The minimum absolute atomic E-state index is 0.929. The minimum Gasteiger partial charge on any atom is -0.120 e. The lowest BCUT2D eigenvalue weighted by atomic mass is 10.1. The number of rotatable bonds is 6. The third kappa shape index (κ3) is 9.04. The SMILES string of the molecule is C#CCCCCC/C=C/C=C/C. The highest BCUT2D eigenvalue weighted by Crippen LogP contribution is 2.02. The highest BCUT2D eigenvalue weighted by Gasteiger charge is 1.84. The molecule has 0 N–H and O–H groups in total. The van der Waals surface area contributed by atoms with Crippen molar-refractivity contribution in [3.05, 3.63) is 24.3 Å². The number of allylic oxidation sites excluding steroid dienone is 4. The van der Waals surface area contributed by atoms with Gasteiger partial charge in [-0.15, -0.1) is 12.3 Å². The summed E-state index contributed by atoms with van der Waals surface area (Å²) in [5.41, 5.74) is 0. The molecular formula is C12H18. The van der Waals surface area contributed by atoms with Crippen LogP contribution in [0.1, 0.15) is 39.0 Å². The molecule has 0 spiro atoms. The van der Waals surface area contributed by atoms with Gasteiger partial charge in [0.05, 0.1) is 0 Å². The Bertz CT molecular complexity index is 167. The van der Waals surface area contributed by atoms with Gasteiger partial charge in [0, 0.05) is 6.42 Å². The van der Waals surface area contributed by atoms with Gasteiger partial charge in [-0.2, -0.15) is 0 Å². The lowest BCUT2D eigenvalue weighted by molar-refractivity contribution is 0.702. The fourth-order valence-corrected chi connectivity index (χ4v) is 0.952. The van der Waals surface area contributed by atoms with E-state index in [1.807, 2.05) is 13.0 Å². The lowest BCUT2D eigenvalue weighted by Gasteiger charge is -1.92. The molecule has 0 atom stereocenters. The Labute approximate surface area is 76.4 Å². The van der Waals surface area contributed by atoms with Crippen LogP contribution in [0.2, 0.25) is 0 Å². The Morgan fingerprint density at radius 2 is 2.00 bits per heavy atom. The zero-order valence-electron chi connectivity index (χ0n) is 7.92. The largest absolute Gasteiger partial charge is 0.120 e. The van der Waals surface area contributed by atoms with Gasteiger partial charge in [0.25, 0.3) is 0 Å². The molecule has 0 nitrogen and oxygen atoms in total. The molecule has 66 valence electrons. The first-order valence-electron chi connectivity index (χ1n) is 4.63. The summed E-state index contributed by atoms with van der Waals surface area (Å²) in [6.45, 7) is 2.03. The summed E-state index contributed by atoms with van der Waals surface area (Å²) in [5, 5.41) is 0. The van der Waals surface area contributed by atoms with E-state index < -0.39 is 0 Å². The fourth-order valence-electron chi connectivity index (χ4n) is 0.952. The summed E-state index contributed by atoms with van der Waals surface area (Å²) in [7, 11) is 0. The van der Waals surface area contributed by atoms with Crippen LogP contribution < -0.4 is 0 Å². The van der Waals surface area contributed by atoms with Crippen LogP contribution in [0, 0.1) is 12.3 Å². The van der Waals surface area contributed by atoms with Crippen LogP contribution in [0.5, 0.6) is 0 Å². The second kappa shape index (κ2) is 10.0. The topological polar surface area (TPSA) is 0 Å². The van der Waals surface area contributed by atoms with Crippen LogP contribution in [0.4, 0.5) is 0 Å². The highest BCUT2D eigenvalue weighted by molar-refractivity contribution is 5.00. The van der Waals surface area contributed by atoms with E-state index >= 15 is 0 Å². The zero-order chi connectivity index (χ0) is 9.07. The van der Waals surface area contributed by atoms with Crippen molar-refractivity contribution in [3.63, 3.8) is 0 Å². The van der Waals surface area contributed by atoms with Gasteiger partial charge in [-0.25, -0.2) is 0 Å². The second-order valence-corrected chi connectivity index (χ2v) is 2.76.